The number of nitrogens with zero attached hydrogens (tertiary/aromatic N) is 23. The van der Waals surface area contributed by atoms with E-state index in [-0.39, 0.29) is 17.5 Å². The van der Waals surface area contributed by atoms with E-state index in [4.69, 9.17) is 45.8 Å². The molecule has 0 radical (unpaired) electrons. The molecular weight excluding hydrogens is 1400 g/mol. The van der Waals surface area contributed by atoms with Crippen molar-refractivity contribution in [1.29, 1.82) is 0 Å². The fourth-order valence-electron chi connectivity index (χ4n) is 13.8. The Labute approximate surface area is 636 Å². The average Bonchev–Trinajstić information content (AvgIpc) is 1.56. The number of rotatable bonds is 26. The van der Waals surface area contributed by atoms with Gasteiger partial charge in [0.25, 0.3) is 0 Å². The zero-order valence-corrected chi connectivity index (χ0v) is 69.7. The van der Waals surface area contributed by atoms with Gasteiger partial charge in [-0.3, -0.25) is 10.1 Å². The molecular formula is C79H119BrN24O2. The van der Waals surface area contributed by atoms with Gasteiger partial charge in [0.05, 0.1) is 92.1 Å². The fourth-order valence-corrected chi connectivity index (χ4v) is 14.1. The molecule has 11 heterocycles. The Bertz CT molecular complexity index is 4550. The van der Waals surface area contributed by atoms with Gasteiger partial charge in [0, 0.05) is 55.9 Å². The lowest BCUT2D eigenvalue weighted by Crippen LogP contribution is -2.23. The maximum atomic E-state index is 10.7. The molecule has 0 aliphatic heterocycles. The van der Waals surface area contributed by atoms with Crippen LogP contribution in [0.5, 0.6) is 0 Å². The summed E-state index contributed by atoms with van der Waals surface area (Å²) in [5.41, 5.74) is 27.2. The van der Waals surface area contributed by atoms with Crippen LogP contribution in [0.25, 0.3) is 67.2 Å². The summed E-state index contributed by atoms with van der Waals surface area (Å²) in [4.78, 5) is 62.4. The van der Waals surface area contributed by atoms with E-state index in [1.165, 1.54) is 11.1 Å². The van der Waals surface area contributed by atoms with E-state index in [9.17, 15) is 10.1 Å². The van der Waals surface area contributed by atoms with Gasteiger partial charge in [-0.05, 0) is 206 Å². The van der Waals surface area contributed by atoms with Crippen LogP contribution in [0.4, 0.5) is 23.1 Å². The molecule has 0 atom stereocenters. The lowest BCUT2D eigenvalue weighted by atomic mass is 10.0. The lowest BCUT2D eigenvalue weighted by molar-refractivity contribution is -0.384. The predicted octanol–water partition coefficient (Wildman–Crippen LogP) is 19.0. The molecule has 0 saturated heterocycles. The smallest absolute Gasteiger partial charge is 0.333 e. The number of hydrogen-bond donors (Lipinski definition) is 1. The summed E-state index contributed by atoms with van der Waals surface area (Å²) in [6, 6.07) is 6.08. The maximum Gasteiger partial charge on any atom is 0.333 e. The van der Waals surface area contributed by atoms with E-state index < -0.39 is 4.92 Å². The standard InChI is InChI=1S/2C23H34N6.C12H17BrN4.C12H18N4.C9H16N4O2/c2*1-8-17-13-20(28(11-4)12-5)24-14-19(17)21-15(6)25-23-22(26-21)16(7)27-29(23)18(9-2)10-3;1-5-9(6-2)17-12-10(7(3)16-17)15-11(13)8(4)14-12;1-5-10(6-2)16-12-11(9(4)15-16)13-7-8(3)14-12;1-4-7(5-2)12-9(10)8(13(14)15)6(3)11-12/h2*13-14,18H,8-12H2,1-7H3;9H,5-6H2,1-4H3;7,10H,5-6H2,1-4H3;7H,4-5,10H2,1-3H3. The fraction of sp³-hybridized carbons (Fsp3) is 0.582. The molecule has 0 fully saturated rings. The molecule has 26 nitrogen and oxygen atoms in total. The zero-order chi connectivity index (χ0) is 78.1. The third kappa shape index (κ3) is 18.3. The van der Waals surface area contributed by atoms with Gasteiger partial charge in [-0.25, -0.2) is 73.2 Å². The average molecular weight is 1520 g/mol. The Kier molecular flexibility index (Phi) is 30.6. The molecule has 0 aliphatic rings. The Balaban J connectivity index is 0.000000191. The van der Waals surface area contributed by atoms with Gasteiger partial charge in [-0.15, -0.1) is 0 Å². The highest BCUT2D eigenvalue weighted by atomic mass is 79.9. The molecule has 0 amide bonds. The van der Waals surface area contributed by atoms with Crippen molar-refractivity contribution in [3.05, 3.63) is 108 Å². The predicted molar refractivity (Wildman–Crippen MR) is 435 cm³/mol. The molecule has 11 aromatic rings. The summed E-state index contributed by atoms with van der Waals surface area (Å²) in [5, 5.41) is 33.6. The zero-order valence-electron chi connectivity index (χ0n) is 68.1. The summed E-state index contributed by atoms with van der Waals surface area (Å²) in [7, 11) is 0. The number of anilines is 3. The molecule has 0 bridgehead atoms. The van der Waals surface area contributed by atoms with Crippen LogP contribution in [0.15, 0.2) is 35.3 Å². The number of hydrogen-bond acceptors (Lipinski definition) is 20. The largest absolute Gasteiger partial charge is 0.378 e. The molecule has 0 aliphatic carbocycles. The maximum absolute atomic E-state index is 10.7. The van der Waals surface area contributed by atoms with Gasteiger partial charge >= 0.3 is 5.69 Å². The monoisotopic (exact) mass is 1510 g/mol. The Morgan fingerprint density at radius 1 is 0.396 bits per heavy atom. The number of aryl methyl sites for hydroxylation is 11. The van der Waals surface area contributed by atoms with Crippen molar-refractivity contribution < 1.29 is 4.92 Å². The van der Waals surface area contributed by atoms with Crippen LogP contribution in [0.1, 0.15) is 268 Å². The van der Waals surface area contributed by atoms with E-state index in [0.29, 0.717) is 29.9 Å². The molecule has 0 saturated carbocycles. The summed E-state index contributed by atoms with van der Waals surface area (Å²) < 4.78 is 10.6. The van der Waals surface area contributed by atoms with Gasteiger partial charge in [0.15, 0.2) is 22.6 Å². The van der Waals surface area contributed by atoms with E-state index >= 15 is 0 Å². The van der Waals surface area contributed by atoms with Crippen molar-refractivity contribution in [1.82, 2.24) is 98.7 Å². The van der Waals surface area contributed by atoms with E-state index in [1.807, 2.05) is 91.0 Å². The first-order valence-electron chi connectivity index (χ1n) is 38.8. The van der Waals surface area contributed by atoms with E-state index in [2.05, 4.69) is 179 Å². The van der Waals surface area contributed by atoms with Crippen molar-refractivity contribution in [2.24, 2.45) is 0 Å². The quantitative estimate of drug-likeness (QED) is 0.0389. The van der Waals surface area contributed by atoms with Crippen LogP contribution in [-0.4, -0.2) is 130 Å². The number of halogens is 1. The van der Waals surface area contributed by atoms with Crippen molar-refractivity contribution in [2.45, 2.75) is 280 Å². The second-order valence-electron chi connectivity index (χ2n) is 27.1. The first-order chi connectivity index (χ1) is 50.7. The number of nitrogens with two attached hydrogens (primary N) is 1. The van der Waals surface area contributed by atoms with Gasteiger partial charge in [-0.1, -0.05) is 83.1 Å². The lowest BCUT2D eigenvalue weighted by Gasteiger charge is -2.21. The highest BCUT2D eigenvalue weighted by molar-refractivity contribution is 9.10. The molecule has 11 rings (SSSR count). The molecule has 0 unspecified atom stereocenters. The van der Waals surface area contributed by atoms with Crippen LogP contribution in [0, 0.1) is 72.4 Å². The second kappa shape index (κ2) is 38.5. The van der Waals surface area contributed by atoms with Crippen LogP contribution >= 0.6 is 15.9 Å². The van der Waals surface area contributed by atoms with Gasteiger partial charge in [0.1, 0.15) is 44.0 Å². The minimum absolute atomic E-state index is 0.0677. The molecule has 2 N–H and O–H groups in total. The van der Waals surface area contributed by atoms with Crippen LogP contribution in [0.2, 0.25) is 0 Å². The van der Waals surface area contributed by atoms with Crippen LogP contribution in [0.3, 0.4) is 0 Å². The van der Waals surface area contributed by atoms with Crippen LogP contribution < -0.4 is 15.5 Å². The van der Waals surface area contributed by atoms with Gasteiger partial charge < -0.3 is 15.5 Å². The molecule has 106 heavy (non-hydrogen) atoms. The summed E-state index contributed by atoms with van der Waals surface area (Å²) in [5.74, 6) is 2.21. The third-order valence-electron chi connectivity index (χ3n) is 20.4. The molecule has 574 valence electrons. The van der Waals surface area contributed by atoms with Gasteiger partial charge in [-0.2, -0.15) is 25.5 Å². The first-order valence-corrected chi connectivity index (χ1v) is 39.5. The Morgan fingerprint density at radius 2 is 0.708 bits per heavy atom. The Morgan fingerprint density at radius 3 is 1.03 bits per heavy atom. The second-order valence-corrected chi connectivity index (χ2v) is 27.8. The molecule has 0 aromatic carbocycles. The molecule has 27 heteroatoms. The first kappa shape index (κ1) is 84.3. The summed E-state index contributed by atoms with van der Waals surface area (Å²) in [6.45, 7) is 56.0. The van der Waals surface area contributed by atoms with Crippen molar-refractivity contribution in [3.63, 3.8) is 0 Å². The Hall–Kier alpha value is -9.01. The van der Waals surface area contributed by atoms with E-state index in [1.54, 1.807) is 17.8 Å². The number of pyridine rings is 2. The minimum Gasteiger partial charge on any atom is -0.378 e. The van der Waals surface area contributed by atoms with Gasteiger partial charge in [0.2, 0.25) is 5.82 Å². The molecule has 11 aromatic heterocycles. The SMILES string of the molecule is CCC(CC)n1nc(C)c([N+](=O)[O-])c1N.CCC(CC)n1nc(C)c2nc(Br)c(C)nc21.CCC(CC)n1nc(C)c2ncc(C)nc21.CCc1cc(N(CC)CC)ncc1-c1nc2c(C)nn(C(CC)CC)c2nc1C.CCc1cc(N(CC)CC)ncc1-c1nc2c(C)nn(C(CC)CC)c2nc1C. The summed E-state index contributed by atoms with van der Waals surface area (Å²) in [6.07, 6.45) is 17.7. The van der Waals surface area contributed by atoms with Crippen LogP contribution in [-0.2, 0) is 12.8 Å². The van der Waals surface area contributed by atoms with E-state index in [0.717, 1.165) is 232 Å². The third-order valence-corrected chi connectivity index (χ3v) is 21.1. The van der Waals surface area contributed by atoms with Crippen molar-refractivity contribution in [2.75, 3.05) is 41.7 Å². The topological polar surface area (TPSA) is 294 Å². The summed E-state index contributed by atoms with van der Waals surface area (Å²) >= 11 is 3.42. The minimum atomic E-state index is -0.476. The van der Waals surface area contributed by atoms with Crippen molar-refractivity contribution >= 4 is 83.7 Å². The number of aromatic nitrogens is 20. The highest BCUT2D eigenvalue weighted by Gasteiger charge is 2.27. The molecule has 0 spiro atoms. The normalized spacial score (nSPS) is 11.5. The number of nitro groups is 1. The number of fused-ring (bicyclic) bond motifs is 4. The van der Waals surface area contributed by atoms with Crippen molar-refractivity contribution in [3.8, 4) is 22.5 Å². The highest BCUT2D eigenvalue weighted by Crippen LogP contribution is 2.35. The number of nitrogen functional groups attached to an aromatic ring is 1.